The highest BCUT2D eigenvalue weighted by Gasteiger charge is 2.16. The predicted molar refractivity (Wildman–Crippen MR) is 79.3 cm³/mol. The number of benzene rings is 1. The van der Waals surface area contributed by atoms with E-state index in [1.54, 1.807) is 13.0 Å². The van der Waals surface area contributed by atoms with E-state index in [0.717, 1.165) is 0 Å². The van der Waals surface area contributed by atoms with Crippen LogP contribution < -0.4 is 10.6 Å². The van der Waals surface area contributed by atoms with E-state index in [0.29, 0.717) is 8.95 Å². The topological polar surface area (TPSA) is 78.4 Å². The Morgan fingerprint density at radius 1 is 1.37 bits per heavy atom. The number of carbonyl (C=O) groups excluding carboxylic acids is 1. The molecule has 5 nitrogen and oxygen atoms in total. The van der Waals surface area contributed by atoms with Gasteiger partial charge in [-0.25, -0.2) is 9.59 Å². The Morgan fingerprint density at radius 2 is 2.05 bits per heavy atom. The van der Waals surface area contributed by atoms with Crippen LogP contribution in [0.4, 0.5) is 10.5 Å². The Labute approximate surface area is 127 Å². The maximum atomic E-state index is 11.6. The van der Waals surface area contributed by atoms with Crippen molar-refractivity contribution in [3.05, 3.63) is 26.6 Å². The zero-order valence-corrected chi connectivity index (χ0v) is 13.1. The largest absolute Gasteiger partial charge is 0.478 e. The molecule has 1 aromatic carbocycles. The molecule has 100 valence electrons. The van der Waals surface area contributed by atoms with Crippen LogP contribution in [0.25, 0.3) is 0 Å². The molecule has 1 aromatic rings. The van der Waals surface area contributed by atoms with Gasteiger partial charge in [0.05, 0.1) is 17.8 Å². The Balaban J connectivity index is 2.95. The van der Waals surface area contributed by atoms with Gasteiger partial charge in [-0.2, -0.15) is 0 Å². The van der Waals surface area contributed by atoms with E-state index >= 15 is 0 Å². The summed E-state index contributed by atoms with van der Waals surface area (Å²) in [7, 11) is 0. The summed E-state index contributed by atoms with van der Waals surface area (Å²) in [6, 6.07) is 2.54. The minimum Gasteiger partial charge on any atom is -0.478 e. The summed E-state index contributed by atoms with van der Waals surface area (Å²) in [6.45, 7) is 1.85. The molecular weight excluding hydrogens is 380 g/mol. The van der Waals surface area contributed by atoms with Crippen molar-refractivity contribution in [3.8, 4) is 11.8 Å². The smallest absolute Gasteiger partial charge is 0.337 e. The van der Waals surface area contributed by atoms with E-state index < -0.39 is 12.0 Å². The lowest BCUT2D eigenvalue weighted by atomic mass is 10.2. The van der Waals surface area contributed by atoms with Crippen molar-refractivity contribution >= 4 is 49.5 Å². The molecule has 0 aliphatic rings. The number of hydrogen-bond donors (Lipinski definition) is 3. The van der Waals surface area contributed by atoms with E-state index in [1.165, 1.54) is 6.07 Å². The first kappa shape index (κ1) is 15.5. The summed E-state index contributed by atoms with van der Waals surface area (Å²) in [5.41, 5.74) is 0.177. The third kappa shape index (κ3) is 4.58. The second-order valence-corrected chi connectivity index (χ2v) is 5.12. The number of urea groups is 1. The van der Waals surface area contributed by atoms with Gasteiger partial charge < -0.3 is 15.7 Å². The number of halogens is 2. The Bertz CT molecular complexity index is 576. The van der Waals surface area contributed by atoms with Crippen molar-refractivity contribution < 1.29 is 14.7 Å². The SMILES string of the molecule is CC#CCNC(=O)Nc1c(Br)cc(Br)cc1C(=O)O. The van der Waals surface area contributed by atoms with E-state index in [1.807, 2.05) is 0 Å². The molecule has 0 heterocycles. The standard InChI is InChI=1S/C12H10Br2N2O3/c1-2-3-4-15-12(19)16-10-8(11(17)18)5-7(13)6-9(10)14/h5-6H,4H2,1H3,(H,17,18)(H2,15,16,19). The third-order valence-electron chi connectivity index (χ3n) is 2.04. The van der Waals surface area contributed by atoms with E-state index in [4.69, 9.17) is 5.11 Å². The number of aromatic carboxylic acids is 1. The molecule has 0 aliphatic heterocycles. The van der Waals surface area contributed by atoms with Crippen LogP contribution in [0.15, 0.2) is 21.1 Å². The molecule has 0 unspecified atom stereocenters. The number of amides is 2. The van der Waals surface area contributed by atoms with Gasteiger partial charge in [0.2, 0.25) is 0 Å². The molecule has 0 saturated carbocycles. The molecule has 2 amide bonds. The number of rotatable bonds is 3. The summed E-state index contributed by atoms with van der Waals surface area (Å²) in [6.07, 6.45) is 0. The van der Waals surface area contributed by atoms with Gasteiger partial charge in [-0.05, 0) is 35.0 Å². The molecule has 1 rings (SSSR count). The average Bonchev–Trinajstić information content (AvgIpc) is 2.32. The molecule has 0 aromatic heterocycles. The molecular formula is C12H10Br2N2O3. The molecule has 3 N–H and O–H groups in total. The highest BCUT2D eigenvalue weighted by molar-refractivity contribution is 9.11. The van der Waals surface area contributed by atoms with Crippen molar-refractivity contribution in [3.63, 3.8) is 0 Å². The van der Waals surface area contributed by atoms with Gasteiger partial charge in [0, 0.05) is 8.95 Å². The van der Waals surface area contributed by atoms with Gasteiger partial charge >= 0.3 is 12.0 Å². The van der Waals surface area contributed by atoms with Crippen LogP contribution in [0.1, 0.15) is 17.3 Å². The fourth-order valence-electron chi connectivity index (χ4n) is 1.24. The number of carbonyl (C=O) groups is 2. The molecule has 0 saturated heterocycles. The van der Waals surface area contributed by atoms with Gasteiger partial charge in [0.1, 0.15) is 0 Å². The van der Waals surface area contributed by atoms with E-state index in [-0.39, 0.29) is 17.8 Å². The van der Waals surface area contributed by atoms with Crippen molar-refractivity contribution in [2.45, 2.75) is 6.92 Å². The lowest BCUT2D eigenvalue weighted by molar-refractivity contribution is 0.0698. The van der Waals surface area contributed by atoms with Gasteiger partial charge in [-0.3, -0.25) is 0 Å². The van der Waals surface area contributed by atoms with Crippen molar-refractivity contribution in [2.24, 2.45) is 0 Å². The molecule has 7 heteroatoms. The van der Waals surface area contributed by atoms with Crippen LogP contribution in [0.3, 0.4) is 0 Å². The Kier molecular flexibility index (Phi) is 5.86. The Hall–Kier alpha value is -1.52. The second kappa shape index (κ2) is 7.16. The lowest BCUT2D eigenvalue weighted by Crippen LogP contribution is -2.29. The zero-order chi connectivity index (χ0) is 14.4. The fourth-order valence-corrected chi connectivity index (χ4v) is 2.56. The van der Waals surface area contributed by atoms with Crippen LogP contribution in [-0.4, -0.2) is 23.7 Å². The Morgan fingerprint density at radius 3 is 2.63 bits per heavy atom. The number of hydrogen-bond acceptors (Lipinski definition) is 2. The van der Waals surface area contributed by atoms with Gasteiger partial charge in [-0.1, -0.05) is 21.9 Å². The van der Waals surface area contributed by atoms with Gasteiger partial charge in [0.15, 0.2) is 0 Å². The minimum atomic E-state index is -1.13. The summed E-state index contributed by atoms with van der Waals surface area (Å²) in [4.78, 5) is 22.7. The predicted octanol–water partition coefficient (Wildman–Crippen LogP) is 3.05. The van der Waals surface area contributed by atoms with Crippen LogP contribution in [0.2, 0.25) is 0 Å². The quantitative estimate of drug-likeness (QED) is 0.695. The molecule has 0 atom stereocenters. The van der Waals surface area contributed by atoms with Crippen LogP contribution in [0.5, 0.6) is 0 Å². The molecule has 0 radical (unpaired) electrons. The van der Waals surface area contributed by atoms with Crippen molar-refractivity contribution in [1.82, 2.24) is 5.32 Å². The van der Waals surface area contributed by atoms with Crippen LogP contribution >= 0.6 is 31.9 Å². The van der Waals surface area contributed by atoms with Gasteiger partial charge in [-0.15, -0.1) is 5.92 Å². The maximum absolute atomic E-state index is 11.6. The first-order valence-electron chi connectivity index (χ1n) is 5.12. The summed E-state index contributed by atoms with van der Waals surface area (Å²) >= 11 is 6.41. The van der Waals surface area contributed by atoms with Gasteiger partial charge in [0.25, 0.3) is 0 Å². The molecule has 19 heavy (non-hydrogen) atoms. The normalized spacial score (nSPS) is 9.21. The van der Waals surface area contributed by atoms with Crippen molar-refractivity contribution in [1.29, 1.82) is 0 Å². The number of carboxylic acids is 1. The second-order valence-electron chi connectivity index (χ2n) is 3.35. The minimum absolute atomic E-state index is 0.0158. The average molecular weight is 390 g/mol. The zero-order valence-electron chi connectivity index (χ0n) is 9.88. The van der Waals surface area contributed by atoms with Crippen molar-refractivity contribution in [2.75, 3.05) is 11.9 Å². The highest BCUT2D eigenvalue weighted by atomic mass is 79.9. The number of nitrogens with one attached hydrogen (secondary N) is 2. The van der Waals surface area contributed by atoms with E-state index in [2.05, 4.69) is 54.3 Å². The fraction of sp³-hybridized carbons (Fsp3) is 0.167. The maximum Gasteiger partial charge on any atom is 0.337 e. The van der Waals surface area contributed by atoms with E-state index in [9.17, 15) is 9.59 Å². The summed E-state index contributed by atoms with van der Waals surface area (Å²) < 4.78 is 1.07. The van der Waals surface area contributed by atoms with Crippen LogP contribution in [-0.2, 0) is 0 Å². The molecule has 0 spiro atoms. The lowest BCUT2D eigenvalue weighted by Gasteiger charge is -2.11. The summed E-state index contributed by atoms with van der Waals surface area (Å²) in [5.74, 6) is 4.17. The first-order valence-corrected chi connectivity index (χ1v) is 6.71. The van der Waals surface area contributed by atoms with Crippen LogP contribution in [0, 0.1) is 11.8 Å². The molecule has 0 bridgehead atoms. The first-order chi connectivity index (χ1) is 8.95. The monoisotopic (exact) mass is 388 g/mol. The molecule has 0 fully saturated rings. The number of anilines is 1. The highest BCUT2D eigenvalue weighted by Crippen LogP contribution is 2.30. The summed E-state index contributed by atoms with van der Waals surface area (Å²) in [5, 5.41) is 14.1. The number of carboxylic acid groups (broad SMARTS) is 1. The molecule has 0 aliphatic carbocycles. The third-order valence-corrected chi connectivity index (χ3v) is 3.12.